The molecule has 3 heterocycles. The number of halogens is 3. The Labute approximate surface area is 122 Å². The van der Waals surface area contributed by atoms with Crippen LogP contribution in [0.3, 0.4) is 0 Å². The number of aromatic amines is 1. The number of alkyl halides is 3. The maximum atomic E-state index is 10.6. The normalized spacial score (nSPS) is 10.9. The fraction of sp³-hybridized carbons (Fsp3) is 0.0714. The molecule has 0 fully saturated rings. The number of hydrogen-bond acceptors (Lipinski definition) is 3. The van der Waals surface area contributed by atoms with Crippen LogP contribution in [0, 0.1) is 0 Å². The van der Waals surface area contributed by atoms with Gasteiger partial charge in [-0.25, -0.2) is 4.79 Å². The molecule has 3 aromatic rings. The maximum absolute atomic E-state index is 10.6. The molecule has 0 saturated heterocycles. The number of hydrogen-bond donors (Lipinski definition) is 2. The number of aliphatic carboxylic acids is 1. The molecule has 0 saturated carbocycles. The summed E-state index contributed by atoms with van der Waals surface area (Å²) in [6, 6.07) is 5.96. The number of pyridine rings is 2. The van der Waals surface area contributed by atoms with Gasteiger partial charge in [0, 0.05) is 47.5 Å². The third-order valence-corrected chi connectivity index (χ3v) is 2.72. The van der Waals surface area contributed by atoms with E-state index in [1.807, 2.05) is 30.6 Å². The Hall–Kier alpha value is -2.90. The Kier molecular flexibility index (Phi) is 4.40. The largest absolute Gasteiger partial charge is 0.490 e. The van der Waals surface area contributed by atoms with Gasteiger partial charge in [-0.15, -0.1) is 0 Å². The molecule has 3 aromatic heterocycles. The van der Waals surface area contributed by atoms with Crippen LogP contribution in [0.15, 0.2) is 49.2 Å². The number of carbonyl (C=O) groups is 1. The number of H-pyrrole nitrogens is 1. The number of carboxylic acids is 1. The summed E-state index contributed by atoms with van der Waals surface area (Å²) in [5, 5.41) is 8.27. The lowest BCUT2D eigenvalue weighted by molar-refractivity contribution is -0.192. The Balaban J connectivity index is 0.000000217. The van der Waals surface area contributed by atoms with Crippen molar-refractivity contribution in [1.29, 1.82) is 0 Å². The van der Waals surface area contributed by atoms with Crippen molar-refractivity contribution in [2.75, 3.05) is 0 Å². The van der Waals surface area contributed by atoms with Crippen molar-refractivity contribution in [3.63, 3.8) is 0 Å². The highest BCUT2D eigenvalue weighted by Gasteiger charge is 2.38. The third-order valence-electron chi connectivity index (χ3n) is 2.72. The second-order valence-corrected chi connectivity index (χ2v) is 4.16. The van der Waals surface area contributed by atoms with Crippen LogP contribution in [0.2, 0.25) is 0 Å². The number of aromatic nitrogens is 3. The zero-order valence-electron chi connectivity index (χ0n) is 11.0. The van der Waals surface area contributed by atoms with E-state index in [1.54, 1.807) is 18.6 Å². The average molecular weight is 309 g/mol. The first kappa shape index (κ1) is 15.5. The molecular formula is C14H10F3N3O2. The summed E-state index contributed by atoms with van der Waals surface area (Å²) < 4.78 is 31.7. The van der Waals surface area contributed by atoms with Crippen LogP contribution in [0.5, 0.6) is 0 Å². The van der Waals surface area contributed by atoms with Gasteiger partial charge in [-0.3, -0.25) is 9.97 Å². The number of rotatable bonds is 1. The topological polar surface area (TPSA) is 78.9 Å². The Morgan fingerprint density at radius 1 is 1.09 bits per heavy atom. The first-order chi connectivity index (χ1) is 10.4. The lowest BCUT2D eigenvalue weighted by atomic mass is 10.1. The summed E-state index contributed by atoms with van der Waals surface area (Å²) in [7, 11) is 0. The summed E-state index contributed by atoms with van der Waals surface area (Å²) in [5.74, 6) is -2.76. The number of fused-ring (bicyclic) bond motifs is 1. The van der Waals surface area contributed by atoms with Crippen molar-refractivity contribution >= 4 is 16.9 Å². The van der Waals surface area contributed by atoms with E-state index < -0.39 is 12.1 Å². The van der Waals surface area contributed by atoms with Crippen LogP contribution in [0.4, 0.5) is 13.2 Å². The molecular weight excluding hydrogens is 299 g/mol. The molecule has 0 bridgehead atoms. The molecule has 0 amide bonds. The van der Waals surface area contributed by atoms with Crippen molar-refractivity contribution in [3.8, 4) is 11.1 Å². The van der Waals surface area contributed by atoms with Gasteiger partial charge in [0.05, 0.1) is 0 Å². The molecule has 0 aliphatic heterocycles. The van der Waals surface area contributed by atoms with E-state index in [0.29, 0.717) is 0 Å². The van der Waals surface area contributed by atoms with E-state index in [4.69, 9.17) is 9.90 Å². The minimum Gasteiger partial charge on any atom is -0.475 e. The molecule has 8 heteroatoms. The quantitative estimate of drug-likeness (QED) is 0.723. The molecule has 0 unspecified atom stereocenters. The van der Waals surface area contributed by atoms with E-state index in [9.17, 15) is 13.2 Å². The fourth-order valence-electron chi connectivity index (χ4n) is 1.73. The van der Waals surface area contributed by atoms with Gasteiger partial charge in [0.1, 0.15) is 0 Å². The molecule has 0 radical (unpaired) electrons. The van der Waals surface area contributed by atoms with Crippen molar-refractivity contribution in [2.24, 2.45) is 0 Å². The first-order valence-corrected chi connectivity index (χ1v) is 6.01. The highest BCUT2D eigenvalue weighted by Crippen LogP contribution is 2.26. The molecule has 0 aromatic carbocycles. The van der Waals surface area contributed by atoms with Gasteiger partial charge in [-0.05, 0) is 23.8 Å². The van der Waals surface area contributed by atoms with Gasteiger partial charge in [-0.1, -0.05) is 0 Å². The van der Waals surface area contributed by atoms with Gasteiger partial charge in [-0.2, -0.15) is 13.2 Å². The zero-order valence-corrected chi connectivity index (χ0v) is 11.0. The van der Waals surface area contributed by atoms with Crippen molar-refractivity contribution in [2.45, 2.75) is 6.18 Å². The van der Waals surface area contributed by atoms with Gasteiger partial charge in [0.2, 0.25) is 0 Å². The summed E-state index contributed by atoms with van der Waals surface area (Å²) in [5.41, 5.74) is 3.43. The highest BCUT2D eigenvalue weighted by molar-refractivity contribution is 5.94. The standard InChI is InChI=1S/C12H9N3.C2HF3O2/c1-4-13-5-2-9(1)10-8-15-12-3-6-14-7-11(10)12;3-2(4,5)1(6)7/h1-8,15H;(H,6,7). The summed E-state index contributed by atoms with van der Waals surface area (Å²) in [6.45, 7) is 0. The number of nitrogens with zero attached hydrogens (tertiary/aromatic N) is 2. The van der Waals surface area contributed by atoms with Crippen molar-refractivity contribution in [3.05, 3.63) is 49.2 Å². The molecule has 3 rings (SSSR count). The van der Waals surface area contributed by atoms with Crippen LogP contribution < -0.4 is 0 Å². The molecule has 5 nitrogen and oxygen atoms in total. The summed E-state index contributed by atoms with van der Waals surface area (Å²) in [4.78, 5) is 20.3. The molecule has 114 valence electrons. The van der Waals surface area contributed by atoms with E-state index >= 15 is 0 Å². The lowest BCUT2D eigenvalue weighted by Crippen LogP contribution is -2.21. The molecule has 0 aliphatic rings. The third kappa shape index (κ3) is 3.60. The summed E-state index contributed by atoms with van der Waals surface area (Å²) in [6.07, 6.45) is 4.17. The van der Waals surface area contributed by atoms with Gasteiger partial charge in [0.25, 0.3) is 0 Å². The fourth-order valence-corrected chi connectivity index (χ4v) is 1.73. The second kappa shape index (κ2) is 6.25. The van der Waals surface area contributed by atoms with Crippen molar-refractivity contribution < 1.29 is 23.1 Å². The predicted octanol–water partition coefficient (Wildman–Crippen LogP) is 3.26. The van der Waals surface area contributed by atoms with Crippen LogP contribution in [0.1, 0.15) is 0 Å². The van der Waals surface area contributed by atoms with Gasteiger partial charge in [0.15, 0.2) is 0 Å². The SMILES string of the molecule is O=C(O)C(F)(F)F.c1cc(-c2c[nH]c3ccncc23)ccn1. The number of carboxylic acid groups (broad SMARTS) is 1. The van der Waals surface area contributed by atoms with Gasteiger partial charge >= 0.3 is 12.1 Å². The van der Waals surface area contributed by atoms with Crippen molar-refractivity contribution in [1.82, 2.24) is 15.0 Å². The zero-order chi connectivity index (χ0) is 16.2. The molecule has 0 spiro atoms. The monoisotopic (exact) mass is 309 g/mol. The van der Waals surface area contributed by atoms with Gasteiger partial charge < -0.3 is 10.1 Å². The smallest absolute Gasteiger partial charge is 0.475 e. The van der Waals surface area contributed by atoms with E-state index in [1.165, 1.54) is 5.56 Å². The summed E-state index contributed by atoms with van der Waals surface area (Å²) >= 11 is 0. The molecule has 22 heavy (non-hydrogen) atoms. The minimum atomic E-state index is -5.08. The maximum Gasteiger partial charge on any atom is 0.490 e. The highest BCUT2D eigenvalue weighted by atomic mass is 19.4. The first-order valence-electron chi connectivity index (χ1n) is 6.01. The predicted molar refractivity (Wildman–Crippen MR) is 73.0 cm³/mol. The van der Waals surface area contributed by atoms with Crippen LogP contribution >= 0.6 is 0 Å². The van der Waals surface area contributed by atoms with Crippen LogP contribution in [0.25, 0.3) is 22.0 Å². The molecule has 2 N–H and O–H groups in total. The van der Waals surface area contributed by atoms with E-state index in [2.05, 4.69) is 15.0 Å². The Morgan fingerprint density at radius 2 is 1.68 bits per heavy atom. The number of nitrogens with one attached hydrogen (secondary N) is 1. The Bertz CT molecular complexity index is 770. The van der Waals surface area contributed by atoms with Crippen LogP contribution in [-0.4, -0.2) is 32.2 Å². The Morgan fingerprint density at radius 3 is 2.27 bits per heavy atom. The lowest BCUT2D eigenvalue weighted by Gasteiger charge is -1.97. The van der Waals surface area contributed by atoms with E-state index in [0.717, 1.165) is 16.5 Å². The molecule has 0 aliphatic carbocycles. The average Bonchev–Trinajstić information content (AvgIpc) is 2.92. The second-order valence-electron chi connectivity index (χ2n) is 4.16. The van der Waals surface area contributed by atoms with Crippen LogP contribution in [-0.2, 0) is 4.79 Å². The minimum absolute atomic E-state index is 1.11. The molecule has 0 atom stereocenters. The van der Waals surface area contributed by atoms with E-state index in [-0.39, 0.29) is 0 Å².